The number of nitrogen functional groups attached to an aromatic ring is 1. The Morgan fingerprint density at radius 1 is 1.18 bits per heavy atom. The summed E-state index contributed by atoms with van der Waals surface area (Å²) in [6, 6.07) is 8.14. The molecule has 2 rings (SSSR count). The summed E-state index contributed by atoms with van der Waals surface area (Å²) < 4.78 is 1.49. The van der Waals surface area contributed by atoms with Crippen LogP contribution in [0, 0.1) is 0 Å². The van der Waals surface area contributed by atoms with Gasteiger partial charge in [0.1, 0.15) is 0 Å². The van der Waals surface area contributed by atoms with Crippen molar-refractivity contribution in [3.63, 3.8) is 0 Å². The lowest BCUT2D eigenvalue weighted by molar-refractivity contribution is 0.762. The number of aromatic nitrogens is 1. The number of nitrogens with two attached hydrogens (primary N) is 1. The number of pyridine rings is 1. The highest BCUT2D eigenvalue weighted by Crippen LogP contribution is 2.21. The van der Waals surface area contributed by atoms with Gasteiger partial charge in [-0.3, -0.25) is 4.79 Å². The molecule has 17 heavy (non-hydrogen) atoms. The van der Waals surface area contributed by atoms with E-state index in [0.717, 1.165) is 5.56 Å². The molecule has 0 unspecified atom stereocenters. The van der Waals surface area contributed by atoms with Crippen molar-refractivity contribution in [2.75, 3.05) is 5.73 Å². The van der Waals surface area contributed by atoms with Crippen molar-refractivity contribution in [3.05, 3.63) is 62.5 Å². The maximum Gasteiger partial charge on any atom is 0.250 e. The van der Waals surface area contributed by atoms with Gasteiger partial charge in [-0.1, -0.05) is 23.2 Å². The summed E-state index contributed by atoms with van der Waals surface area (Å²) in [5, 5.41) is 1.16. The van der Waals surface area contributed by atoms with Gasteiger partial charge in [-0.25, -0.2) is 0 Å². The average Bonchev–Trinajstić information content (AvgIpc) is 2.28. The zero-order valence-corrected chi connectivity index (χ0v) is 10.4. The van der Waals surface area contributed by atoms with Crippen LogP contribution in [-0.2, 0) is 6.54 Å². The third-order valence-electron chi connectivity index (χ3n) is 2.35. The Kier molecular flexibility index (Phi) is 3.41. The normalized spacial score (nSPS) is 10.5. The van der Waals surface area contributed by atoms with Crippen LogP contribution in [0.1, 0.15) is 5.56 Å². The van der Waals surface area contributed by atoms with E-state index in [1.807, 2.05) is 0 Å². The van der Waals surface area contributed by atoms with Crippen LogP contribution >= 0.6 is 23.2 Å². The van der Waals surface area contributed by atoms with E-state index in [-0.39, 0.29) is 5.56 Å². The third-order valence-corrected chi connectivity index (χ3v) is 2.96. The van der Waals surface area contributed by atoms with E-state index in [1.165, 1.54) is 10.6 Å². The van der Waals surface area contributed by atoms with E-state index in [1.54, 1.807) is 30.5 Å². The van der Waals surface area contributed by atoms with E-state index < -0.39 is 0 Å². The van der Waals surface area contributed by atoms with Crippen molar-refractivity contribution in [3.8, 4) is 0 Å². The molecule has 0 aliphatic carbocycles. The molecule has 0 bridgehead atoms. The predicted molar refractivity (Wildman–Crippen MR) is 70.7 cm³/mol. The van der Waals surface area contributed by atoms with Crippen LogP contribution in [0.4, 0.5) is 5.69 Å². The monoisotopic (exact) mass is 268 g/mol. The molecular formula is C12H10Cl2N2O. The van der Waals surface area contributed by atoms with Crippen LogP contribution in [0.3, 0.4) is 0 Å². The number of anilines is 1. The molecule has 0 aliphatic heterocycles. The maximum atomic E-state index is 11.6. The minimum atomic E-state index is -0.129. The Labute approximate surface area is 108 Å². The molecule has 0 saturated heterocycles. The average molecular weight is 269 g/mol. The Hall–Kier alpha value is -1.45. The molecule has 1 heterocycles. The van der Waals surface area contributed by atoms with Crippen molar-refractivity contribution in [2.45, 2.75) is 6.54 Å². The van der Waals surface area contributed by atoms with Crippen LogP contribution in [0.2, 0.25) is 10.0 Å². The molecule has 0 spiro atoms. The highest BCUT2D eigenvalue weighted by molar-refractivity contribution is 6.33. The Bertz CT molecular complexity index is 608. The molecule has 0 saturated carbocycles. The summed E-state index contributed by atoms with van der Waals surface area (Å²) in [6.07, 6.45) is 1.58. The number of nitrogens with zero attached hydrogens (tertiary/aromatic N) is 1. The van der Waals surface area contributed by atoms with Crippen molar-refractivity contribution in [1.29, 1.82) is 0 Å². The fourth-order valence-electron chi connectivity index (χ4n) is 1.52. The Morgan fingerprint density at radius 3 is 2.71 bits per heavy atom. The van der Waals surface area contributed by atoms with Crippen molar-refractivity contribution in [2.24, 2.45) is 0 Å². The van der Waals surface area contributed by atoms with E-state index in [2.05, 4.69) is 0 Å². The number of rotatable bonds is 2. The van der Waals surface area contributed by atoms with Gasteiger partial charge in [0, 0.05) is 28.0 Å². The first-order valence-corrected chi connectivity index (χ1v) is 5.72. The molecule has 0 fully saturated rings. The van der Waals surface area contributed by atoms with Crippen molar-refractivity contribution < 1.29 is 0 Å². The lowest BCUT2D eigenvalue weighted by atomic mass is 10.2. The zero-order chi connectivity index (χ0) is 12.4. The van der Waals surface area contributed by atoms with Gasteiger partial charge in [0.25, 0.3) is 5.56 Å². The van der Waals surface area contributed by atoms with Crippen LogP contribution in [-0.4, -0.2) is 4.57 Å². The van der Waals surface area contributed by atoms with E-state index in [9.17, 15) is 4.79 Å². The fraction of sp³-hybridized carbons (Fsp3) is 0.0833. The number of benzene rings is 1. The van der Waals surface area contributed by atoms with Gasteiger partial charge in [0.05, 0.1) is 6.54 Å². The highest BCUT2D eigenvalue weighted by atomic mass is 35.5. The van der Waals surface area contributed by atoms with Crippen LogP contribution in [0.25, 0.3) is 0 Å². The van der Waals surface area contributed by atoms with Gasteiger partial charge in [-0.05, 0) is 29.8 Å². The second-order valence-corrected chi connectivity index (χ2v) is 4.51. The standard InChI is InChI=1S/C12H10Cl2N2O/c13-9-1-3-11(14)8(5-9)6-16-7-10(15)2-4-12(16)17/h1-5,7H,6,15H2. The van der Waals surface area contributed by atoms with E-state index in [4.69, 9.17) is 28.9 Å². The zero-order valence-electron chi connectivity index (χ0n) is 8.86. The molecule has 0 radical (unpaired) electrons. The second kappa shape index (κ2) is 4.82. The third kappa shape index (κ3) is 2.81. The predicted octanol–water partition coefficient (Wildman–Crippen LogP) is 2.79. The van der Waals surface area contributed by atoms with E-state index in [0.29, 0.717) is 22.3 Å². The summed E-state index contributed by atoms with van der Waals surface area (Å²) in [5.41, 5.74) is 6.82. The molecule has 0 atom stereocenters. The minimum Gasteiger partial charge on any atom is -0.398 e. The summed E-state index contributed by atoms with van der Waals surface area (Å²) in [6.45, 7) is 0.350. The van der Waals surface area contributed by atoms with Crippen molar-refractivity contribution >= 4 is 28.9 Å². The molecule has 5 heteroatoms. The minimum absolute atomic E-state index is 0.129. The summed E-state index contributed by atoms with van der Waals surface area (Å²) in [5.74, 6) is 0. The highest BCUT2D eigenvalue weighted by Gasteiger charge is 2.04. The number of hydrogen-bond acceptors (Lipinski definition) is 2. The van der Waals surface area contributed by atoms with E-state index >= 15 is 0 Å². The molecule has 0 amide bonds. The van der Waals surface area contributed by atoms with Gasteiger partial charge >= 0.3 is 0 Å². The van der Waals surface area contributed by atoms with Gasteiger partial charge in [-0.2, -0.15) is 0 Å². The molecular weight excluding hydrogens is 259 g/mol. The van der Waals surface area contributed by atoms with Gasteiger partial charge in [0.2, 0.25) is 0 Å². The van der Waals surface area contributed by atoms with Crippen LogP contribution in [0.5, 0.6) is 0 Å². The molecule has 1 aromatic carbocycles. The lowest BCUT2D eigenvalue weighted by Gasteiger charge is -2.08. The molecule has 2 N–H and O–H groups in total. The summed E-state index contributed by atoms with van der Waals surface area (Å²) in [7, 11) is 0. The Balaban J connectivity index is 2.41. The molecule has 1 aromatic heterocycles. The van der Waals surface area contributed by atoms with Gasteiger partial charge in [0.15, 0.2) is 0 Å². The van der Waals surface area contributed by atoms with Gasteiger partial charge < -0.3 is 10.3 Å². The van der Waals surface area contributed by atoms with Crippen molar-refractivity contribution in [1.82, 2.24) is 4.57 Å². The molecule has 0 aliphatic rings. The van der Waals surface area contributed by atoms with Crippen LogP contribution in [0.15, 0.2) is 41.3 Å². The van der Waals surface area contributed by atoms with Gasteiger partial charge in [-0.15, -0.1) is 0 Å². The topological polar surface area (TPSA) is 48.0 Å². The fourth-order valence-corrected chi connectivity index (χ4v) is 1.89. The SMILES string of the molecule is Nc1ccc(=O)n(Cc2cc(Cl)ccc2Cl)c1. The molecule has 88 valence electrons. The quantitative estimate of drug-likeness (QED) is 0.911. The Morgan fingerprint density at radius 2 is 1.94 bits per heavy atom. The first-order chi connectivity index (χ1) is 8.06. The summed E-state index contributed by atoms with van der Waals surface area (Å²) >= 11 is 11.9. The van der Waals surface area contributed by atoms with Crippen LogP contribution < -0.4 is 11.3 Å². The summed E-state index contributed by atoms with van der Waals surface area (Å²) in [4.78, 5) is 11.6. The largest absolute Gasteiger partial charge is 0.398 e. The maximum absolute atomic E-state index is 11.6. The smallest absolute Gasteiger partial charge is 0.250 e. The first kappa shape index (κ1) is 12.0. The first-order valence-electron chi connectivity index (χ1n) is 4.96. The molecule has 2 aromatic rings. The second-order valence-electron chi connectivity index (χ2n) is 3.66. The molecule has 3 nitrogen and oxygen atoms in total. The number of hydrogen-bond donors (Lipinski definition) is 1. The number of halogens is 2. The lowest BCUT2D eigenvalue weighted by Crippen LogP contribution is -2.19.